The number of benzene rings is 1. The van der Waals surface area contributed by atoms with Crippen LogP contribution in [0.3, 0.4) is 0 Å². The van der Waals surface area contributed by atoms with Gasteiger partial charge in [0.25, 0.3) is 0 Å². The van der Waals surface area contributed by atoms with Gasteiger partial charge < -0.3 is 10.6 Å². The Morgan fingerprint density at radius 2 is 2.36 bits per heavy atom. The fourth-order valence-corrected chi connectivity index (χ4v) is 1.11. The summed E-state index contributed by atoms with van der Waals surface area (Å²) in [6.07, 6.45) is 0. The Labute approximate surface area is 64.7 Å². The molecule has 0 spiro atoms. The maximum absolute atomic E-state index is 5.46. The van der Waals surface area contributed by atoms with Crippen molar-refractivity contribution in [3.63, 3.8) is 0 Å². The van der Waals surface area contributed by atoms with E-state index in [1.165, 1.54) is 0 Å². The van der Waals surface area contributed by atoms with Crippen molar-refractivity contribution < 1.29 is 9.78 Å². The number of rotatable bonds is 1. The first-order chi connectivity index (χ1) is 5.40. The van der Waals surface area contributed by atoms with Crippen molar-refractivity contribution in [1.82, 2.24) is 0 Å². The van der Waals surface area contributed by atoms with Crippen molar-refractivity contribution in [3.8, 4) is 5.75 Å². The second-order valence-electron chi connectivity index (χ2n) is 2.49. The first kappa shape index (κ1) is 6.64. The van der Waals surface area contributed by atoms with E-state index in [0.717, 1.165) is 16.9 Å². The number of hydrogen-bond donors (Lipinski definition) is 1. The fourth-order valence-electron chi connectivity index (χ4n) is 1.11. The molecule has 0 unspecified atom stereocenters. The number of hydrogen-bond acceptors (Lipinski definition) is 3. The van der Waals surface area contributed by atoms with Crippen molar-refractivity contribution in [2.75, 3.05) is 0 Å². The van der Waals surface area contributed by atoms with E-state index in [2.05, 4.69) is 0 Å². The average molecular weight is 151 g/mol. The molecule has 1 heterocycles. The van der Waals surface area contributed by atoms with Gasteiger partial charge in [-0.1, -0.05) is 6.07 Å². The van der Waals surface area contributed by atoms with Gasteiger partial charge in [-0.2, -0.15) is 4.89 Å². The summed E-state index contributed by atoms with van der Waals surface area (Å²) in [5.41, 5.74) is 7.65. The fraction of sp³-hybridized carbons (Fsp3) is 0.250. The van der Waals surface area contributed by atoms with Crippen LogP contribution in [0.5, 0.6) is 5.75 Å². The first-order valence-electron chi connectivity index (χ1n) is 3.51. The zero-order valence-corrected chi connectivity index (χ0v) is 6.04. The highest BCUT2D eigenvalue weighted by molar-refractivity contribution is 5.37. The van der Waals surface area contributed by atoms with E-state index in [-0.39, 0.29) is 0 Å². The Balaban J connectivity index is 2.41. The third-order valence-corrected chi connectivity index (χ3v) is 1.72. The summed E-state index contributed by atoms with van der Waals surface area (Å²) >= 11 is 0. The molecule has 58 valence electrons. The molecule has 0 aliphatic carbocycles. The van der Waals surface area contributed by atoms with Crippen LogP contribution in [0.1, 0.15) is 11.1 Å². The Morgan fingerprint density at radius 3 is 3.18 bits per heavy atom. The molecule has 1 aliphatic heterocycles. The van der Waals surface area contributed by atoms with Crippen LogP contribution < -0.4 is 10.6 Å². The van der Waals surface area contributed by atoms with Crippen LogP contribution in [0.15, 0.2) is 18.2 Å². The zero-order valence-electron chi connectivity index (χ0n) is 6.04. The van der Waals surface area contributed by atoms with Gasteiger partial charge in [-0.15, -0.1) is 0 Å². The lowest BCUT2D eigenvalue weighted by Crippen LogP contribution is -1.95. The largest absolute Gasteiger partial charge is 0.337 e. The molecule has 3 heteroatoms. The van der Waals surface area contributed by atoms with Crippen LogP contribution in [-0.4, -0.2) is 0 Å². The smallest absolute Gasteiger partial charge is 0.171 e. The minimum Gasteiger partial charge on any atom is -0.337 e. The van der Waals surface area contributed by atoms with E-state index < -0.39 is 0 Å². The maximum atomic E-state index is 5.46. The van der Waals surface area contributed by atoms with E-state index in [0.29, 0.717) is 13.2 Å². The summed E-state index contributed by atoms with van der Waals surface area (Å²) in [7, 11) is 0. The van der Waals surface area contributed by atoms with Crippen LogP contribution >= 0.6 is 0 Å². The summed E-state index contributed by atoms with van der Waals surface area (Å²) in [6.45, 7) is 1.09. The normalized spacial score (nSPS) is 14.3. The first-order valence-corrected chi connectivity index (χ1v) is 3.51. The molecular formula is C8H9NO2. The van der Waals surface area contributed by atoms with Crippen LogP contribution in [0, 0.1) is 0 Å². The third-order valence-electron chi connectivity index (χ3n) is 1.72. The molecule has 11 heavy (non-hydrogen) atoms. The molecule has 0 saturated heterocycles. The summed E-state index contributed by atoms with van der Waals surface area (Å²) in [5, 5.41) is 0. The van der Waals surface area contributed by atoms with Crippen LogP contribution in [0.2, 0.25) is 0 Å². The Kier molecular flexibility index (Phi) is 1.52. The van der Waals surface area contributed by atoms with Gasteiger partial charge in [-0.25, -0.2) is 0 Å². The van der Waals surface area contributed by atoms with Gasteiger partial charge in [0, 0.05) is 12.1 Å². The highest BCUT2D eigenvalue weighted by Crippen LogP contribution is 2.26. The molecule has 0 atom stereocenters. The summed E-state index contributed by atoms with van der Waals surface area (Å²) in [5.74, 6) is 0.808. The van der Waals surface area contributed by atoms with Gasteiger partial charge in [0.1, 0.15) is 6.61 Å². The number of fused-ring (bicyclic) bond motifs is 1. The van der Waals surface area contributed by atoms with Crippen LogP contribution in [-0.2, 0) is 18.0 Å². The second-order valence-corrected chi connectivity index (χ2v) is 2.49. The van der Waals surface area contributed by atoms with Gasteiger partial charge in [-0.3, -0.25) is 0 Å². The highest BCUT2D eigenvalue weighted by atomic mass is 17.2. The van der Waals surface area contributed by atoms with Crippen molar-refractivity contribution in [1.29, 1.82) is 0 Å². The molecule has 1 aromatic rings. The van der Waals surface area contributed by atoms with E-state index >= 15 is 0 Å². The maximum Gasteiger partial charge on any atom is 0.171 e. The van der Waals surface area contributed by atoms with Crippen molar-refractivity contribution in [2.24, 2.45) is 5.73 Å². The summed E-state index contributed by atoms with van der Waals surface area (Å²) in [6, 6.07) is 5.82. The topological polar surface area (TPSA) is 44.5 Å². The number of nitrogens with two attached hydrogens (primary N) is 1. The monoisotopic (exact) mass is 151 g/mol. The van der Waals surface area contributed by atoms with Crippen molar-refractivity contribution in [3.05, 3.63) is 29.3 Å². The van der Waals surface area contributed by atoms with E-state index in [9.17, 15) is 0 Å². The Bertz CT molecular complexity index is 273. The lowest BCUT2D eigenvalue weighted by Gasteiger charge is -1.97. The van der Waals surface area contributed by atoms with Crippen LogP contribution in [0.4, 0.5) is 0 Å². The Hall–Kier alpha value is -1.06. The van der Waals surface area contributed by atoms with Crippen molar-refractivity contribution >= 4 is 0 Å². The standard InChI is InChI=1S/C8H9NO2/c9-4-6-1-2-8-7(3-6)5-10-11-8/h1-3H,4-5,9H2. The highest BCUT2D eigenvalue weighted by Gasteiger charge is 2.12. The molecule has 0 aromatic heterocycles. The molecular weight excluding hydrogens is 142 g/mol. The van der Waals surface area contributed by atoms with Gasteiger partial charge in [0.15, 0.2) is 5.75 Å². The molecule has 0 saturated carbocycles. The molecule has 0 bridgehead atoms. The molecule has 0 radical (unpaired) electrons. The minimum absolute atomic E-state index is 0.531. The third kappa shape index (κ3) is 1.08. The Morgan fingerprint density at radius 1 is 1.45 bits per heavy atom. The lowest BCUT2D eigenvalue weighted by molar-refractivity contribution is -0.194. The summed E-state index contributed by atoms with van der Waals surface area (Å²) < 4.78 is 0. The predicted octanol–water partition coefficient (Wildman–Crippen LogP) is 0.969. The van der Waals surface area contributed by atoms with Gasteiger partial charge >= 0.3 is 0 Å². The molecule has 0 fully saturated rings. The quantitative estimate of drug-likeness (QED) is 0.608. The van der Waals surface area contributed by atoms with Crippen molar-refractivity contribution in [2.45, 2.75) is 13.2 Å². The van der Waals surface area contributed by atoms with Crippen LogP contribution in [0.25, 0.3) is 0 Å². The molecule has 1 aliphatic rings. The molecule has 2 N–H and O–H groups in total. The molecule has 2 rings (SSSR count). The molecule has 1 aromatic carbocycles. The van der Waals surface area contributed by atoms with E-state index in [1.54, 1.807) is 0 Å². The van der Waals surface area contributed by atoms with Gasteiger partial charge in [-0.05, 0) is 17.7 Å². The zero-order chi connectivity index (χ0) is 7.68. The predicted molar refractivity (Wildman–Crippen MR) is 39.8 cm³/mol. The van der Waals surface area contributed by atoms with Gasteiger partial charge in [0.2, 0.25) is 0 Å². The molecule has 0 amide bonds. The minimum atomic E-state index is 0.531. The summed E-state index contributed by atoms with van der Waals surface area (Å²) in [4.78, 5) is 9.63. The second kappa shape index (κ2) is 2.53. The van der Waals surface area contributed by atoms with E-state index in [4.69, 9.17) is 15.5 Å². The van der Waals surface area contributed by atoms with Gasteiger partial charge in [0.05, 0.1) is 0 Å². The van der Waals surface area contributed by atoms with E-state index in [1.807, 2.05) is 18.2 Å². The average Bonchev–Trinajstić information content (AvgIpc) is 2.50. The lowest BCUT2D eigenvalue weighted by atomic mass is 10.1. The SMILES string of the molecule is NCc1ccc2c(c1)COO2. The molecule has 3 nitrogen and oxygen atoms in total.